The van der Waals surface area contributed by atoms with Crippen LogP contribution >= 0.6 is 11.3 Å². The molecular formula is C27H39N5OS. The third-order valence-electron chi connectivity index (χ3n) is 5.48. The summed E-state index contributed by atoms with van der Waals surface area (Å²) in [4.78, 5) is 22.2. The van der Waals surface area contributed by atoms with Gasteiger partial charge in [-0.1, -0.05) is 57.2 Å². The van der Waals surface area contributed by atoms with Crippen LogP contribution in [-0.4, -0.2) is 31.6 Å². The Morgan fingerprint density at radius 1 is 1.18 bits per heavy atom. The van der Waals surface area contributed by atoms with Gasteiger partial charge in [0.25, 0.3) is 0 Å². The van der Waals surface area contributed by atoms with E-state index in [0.29, 0.717) is 24.4 Å². The summed E-state index contributed by atoms with van der Waals surface area (Å²) in [5, 5.41) is 4.66. The molecule has 2 heterocycles. The SMILES string of the molecule is C/C=C(\CC(N)n1nc(-c2ccc(CC)s2)nc1C)C(=O)N(Cc1ccccc1)C(C)C.CC. The fraction of sp³-hybridized carbons (Fsp3) is 0.444. The second-order valence-electron chi connectivity index (χ2n) is 8.14. The van der Waals surface area contributed by atoms with Crippen molar-refractivity contribution in [3.63, 3.8) is 0 Å². The Hall–Kier alpha value is -2.77. The topological polar surface area (TPSA) is 77.0 Å². The average molecular weight is 482 g/mol. The molecule has 2 N–H and O–H groups in total. The largest absolute Gasteiger partial charge is 0.332 e. The monoisotopic (exact) mass is 481 g/mol. The first-order valence-electron chi connectivity index (χ1n) is 12.1. The van der Waals surface area contributed by atoms with Crippen LogP contribution in [-0.2, 0) is 17.8 Å². The fourth-order valence-corrected chi connectivity index (χ4v) is 4.48. The molecule has 0 aliphatic rings. The van der Waals surface area contributed by atoms with Gasteiger partial charge >= 0.3 is 0 Å². The molecule has 0 fully saturated rings. The van der Waals surface area contributed by atoms with Crippen LogP contribution in [0.1, 0.15) is 70.4 Å². The van der Waals surface area contributed by atoms with Crippen molar-refractivity contribution in [2.45, 2.75) is 80.1 Å². The Labute approximate surface area is 208 Å². The van der Waals surface area contributed by atoms with Crippen LogP contribution in [0.4, 0.5) is 0 Å². The van der Waals surface area contributed by atoms with Gasteiger partial charge in [-0.2, -0.15) is 0 Å². The number of carbonyl (C=O) groups excluding carboxylic acids is 1. The lowest BCUT2D eigenvalue weighted by Crippen LogP contribution is -2.38. The molecule has 34 heavy (non-hydrogen) atoms. The molecule has 0 aliphatic heterocycles. The molecule has 0 saturated heterocycles. The minimum absolute atomic E-state index is 0.00522. The highest BCUT2D eigenvalue weighted by atomic mass is 32.1. The van der Waals surface area contributed by atoms with E-state index in [-0.39, 0.29) is 11.9 Å². The molecule has 0 spiro atoms. The quantitative estimate of drug-likeness (QED) is 0.373. The fourth-order valence-electron chi connectivity index (χ4n) is 3.60. The van der Waals surface area contributed by atoms with Gasteiger partial charge in [0.15, 0.2) is 5.82 Å². The van der Waals surface area contributed by atoms with E-state index >= 15 is 0 Å². The van der Waals surface area contributed by atoms with Gasteiger partial charge in [-0.25, -0.2) is 9.67 Å². The Kier molecular flexibility index (Phi) is 10.7. The van der Waals surface area contributed by atoms with Gasteiger partial charge in [-0.3, -0.25) is 4.79 Å². The highest BCUT2D eigenvalue weighted by Gasteiger charge is 2.24. The van der Waals surface area contributed by atoms with E-state index in [0.717, 1.165) is 22.7 Å². The zero-order valence-electron chi connectivity index (χ0n) is 21.6. The second kappa shape index (κ2) is 13.2. The summed E-state index contributed by atoms with van der Waals surface area (Å²) in [6.45, 7) is 14.6. The van der Waals surface area contributed by atoms with Gasteiger partial charge in [0.1, 0.15) is 12.0 Å². The molecule has 0 saturated carbocycles. The van der Waals surface area contributed by atoms with Crippen molar-refractivity contribution in [2.24, 2.45) is 5.73 Å². The van der Waals surface area contributed by atoms with E-state index in [1.807, 2.05) is 82.9 Å². The maximum absolute atomic E-state index is 13.4. The molecule has 6 nitrogen and oxygen atoms in total. The van der Waals surface area contributed by atoms with Gasteiger partial charge in [0.2, 0.25) is 5.91 Å². The molecule has 0 bridgehead atoms. The van der Waals surface area contributed by atoms with Crippen LogP contribution in [0.25, 0.3) is 10.7 Å². The Morgan fingerprint density at radius 3 is 2.41 bits per heavy atom. The van der Waals surface area contributed by atoms with Crippen molar-refractivity contribution in [2.75, 3.05) is 0 Å². The number of allylic oxidation sites excluding steroid dienone is 1. The molecule has 0 aliphatic carbocycles. The normalized spacial score (nSPS) is 12.3. The standard InChI is InChI=1S/C25H33N5OS.C2H6/c1-6-20(25(31)29(17(3)4)16-19-11-9-8-10-12-19)15-23(26)30-18(5)27-24(28-30)22-14-13-21(7-2)32-22;1-2/h6,8-14,17,23H,7,15-16,26H2,1-5H3;1-2H3/b20-6+;. The number of hydrogen-bond acceptors (Lipinski definition) is 5. The average Bonchev–Trinajstić information content (AvgIpc) is 3.49. The summed E-state index contributed by atoms with van der Waals surface area (Å²) in [5.41, 5.74) is 8.30. The highest BCUT2D eigenvalue weighted by Crippen LogP contribution is 2.27. The van der Waals surface area contributed by atoms with Crippen LogP contribution < -0.4 is 5.73 Å². The van der Waals surface area contributed by atoms with Gasteiger partial charge in [0, 0.05) is 29.5 Å². The minimum Gasteiger partial charge on any atom is -0.332 e. The van der Waals surface area contributed by atoms with Crippen molar-refractivity contribution in [1.29, 1.82) is 0 Å². The number of amides is 1. The molecule has 2 aromatic heterocycles. The molecule has 3 aromatic rings. The number of rotatable bonds is 9. The smallest absolute Gasteiger partial charge is 0.250 e. The van der Waals surface area contributed by atoms with Crippen molar-refractivity contribution >= 4 is 17.2 Å². The number of aromatic nitrogens is 3. The summed E-state index contributed by atoms with van der Waals surface area (Å²) in [7, 11) is 0. The van der Waals surface area contributed by atoms with E-state index in [1.165, 1.54) is 4.88 Å². The maximum Gasteiger partial charge on any atom is 0.250 e. The summed E-state index contributed by atoms with van der Waals surface area (Å²) in [5.74, 6) is 1.43. The lowest BCUT2D eigenvalue weighted by molar-refractivity contribution is -0.129. The number of aryl methyl sites for hydroxylation is 2. The van der Waals surface area contributed by atoms with E-state index in [1.54, 1.807) is 16.0 Å². The van der Waals surface area contributed by atoms with Crippen LogP contribution in [0.2, 0.25) is 0 Å². The van der Waals surface area contributed by atoms with E-state index in [4.69, 9.17) is 5.73 Å². The van der Waals surface area contributed by atoms with Gasteiger partial charge in [0.05, 0.1) is 4.88 Å². The first-order chi connectivity index (χ1) is 16.3. The first kappa shape index (κ1) is 27.5. The summed E-state index contributed by atoms with van der Waals surface area (Å²) in [6, 6.07) is 14.3. The zero-order chi connectivity index (χ0) is 25.3. The second-order valence-corrected chi connectivity index (χ2v) is 9.31. The lowest BCUT2D eigenvalue weighted by atomic mass is 10.1. The Balaban J connectivity index is 0.00000199. The molecule has 1 aromatic carbocycles. The molecule has 3 rings (SSSR count). The van der Waals surface area contributed by atoms with Crippen LogP contribution in [0.3, 0.4) is 0 Å². The Morgan fingerprint density at radius 2 is 1.85 bits per heavy atom. The number of nitrogens with two attached hydrogens (primary N) is 1. The summed E-state index contributed by atoms with van der Waals surface area (Å²) >= 11 is 1.70. The zero-order valence-corrected chi connectivity index (χ0v) is 22.4. The van der Waals surface area contributed by atoms with Gasteiger partial charge < -0.3 is 10.6 Å². The molecular weight excluding hydrogens is 442 g/mol. The van der Waals surface area contributed by atoms with E-state index < -0.39 is 6.17 Å². The van der Waals surface area contributed by atoms with E-state index in [9.17, 15) is 4.79 Å². The highest BCUT2D eigenvalue weighted by molar-refractivity contribution is 7.15. The molecule has 0 radical (unpaired) electrons. The predicted octanol–water partition coefficient (Wildman–Crippen LogP) is 6.13. The summed E-state index contributed by atoms with van der Waals surface area (Å²) in [6.07, 6.45) is 2.78. The van der Waals surface area contributed by atoms with Crippen LogP contribution in [0, 0.1) is 6.92 Å². The Bertz CT molecular complexity index is 1070. The van der Waals surface area contributed by atoms with Crippen LogP contribution in [0.5, 0.6) is 0 Å². The van der Waals surface area contributed by atoms with Gasteiger partial charge in [-0.15, -0.1) is 16.4 Å². The van der Waals surface area contributed by atoms with Crippen LogP contribution in [0.15, 0.2) is 54.1 Å². The van der Waals surface area contributed by atoms with E-state index in [2.05, 4.69) is 29.1 Å². The molecule has 1 atom stereocenters. The number of nitrogens with zero attached hydrogens (tertiary/aromatic N) is 4. The van der Waals surface area contributed by atoms with Crippen molar-refractivity contribution in [3.8, 4) is 10.7 Å². The molecule has 184 valence electrons. The minimum atomic E-state index is -0.470. The van der Waals surface area contributed by atoms with Crippen molar-refractivity contribution in [3.05, 3.63) is 70.4 Å². The predicted molar refractivity (Wildman–Crippen MR) is 143 cm³/mol. The maximum atomic E-state index is 13.4. The first-order valence-corrected chi connectivity index (χ1v) is 12.9. The van der Waals surface area contributed by atoms with Gasteiger partial charge in [-0.05, 0) is 51.8 Å². The molecule has 7 heteroatoms. The number of thiophene rings is 1. The van der Waals surface area contributed by atoms with Crippen molar-refractivity contribution in [1.82, 2.24) is 19.7 Å². The lowest BCUT2D eigenvalue weighted by Gasteiger charge is -2.29. The molecule has 1 unspecified atom stereocenters. The number of hydrogen-bond donors (Lipinski definition) is 1. The number of carbonyl (C=O) groups is 1. The third kappa shape index (κ3) is 6.87. The summed E-state index contributed by atoms with van der Waals surface area (Å²) < 4.78 is 1.73. The third-order valence-corrected chi connectivity index (χ3v) is 6.70. The van der Waals surface area contributed by atoms with Crippen molar-refractivity contribution < 1.29 is 4.79 Å². The number of benzene rings is 1. The molecule has 1 amide bonds.